The van der Waals surface area contributed by atoms with E-state index in [0.717, 1.165) is 30.9 Å². The van der Waals surface area contributed by atoms with E-state index in [4.69, 9.17) is 10.5 Å². The molecule has 0 saturated heterocycles. The Balaban J connectivity index is 1.88. The molecule has 0 saturated carbocycles. The first-order chi connectivity index (χ1) is 9.76. The average molecular weight is 268 g/mol. The highest BCUT2D eigenvalue weighted by atomic mass is 16.5. The predicted octanol–water partition coefficient (Wildman–Crippen LogP) is 3.45. The van der Waals surface area contributed by atoms with Gasteiger partial charge in [-0.1, -0.05) is 31.2 Å². The number of hydrogen-bond donors (Lipinski definition) is 1. The van der Waals surface area contributed by atoms with Gasteiger partial charge in [0.15, 0.2) is 0 Å². The van der Waals surface area contributed by atoms with Gasteiger partial charge in [0.2, 0.25) is 0 Å². The summed E-state index contributed by atoms with van der Waals surface area (Å²) in [5, 5.41) is 0. The van der Waals surface area contributed by atoms with Crippen molar-refractivity contribution in [2.45, 2.75) is 26.0 Å². The van der Waals surface area contributed by atoms with Crippen molar-refractivity contribution in [3.63, 3.8) is 0 Å². The number of nitrogens with two attached hydrogens (primary N) is 1. The molecule has 2 aromatic carbocycles. The van der Waals surface area contributed by atoms with Gasteiger partial charge in [-0.3, -0.25) is 0 Å². The quantitative estimate of drug-likeness (QED) is 0.867. The molecule has 0 amide bonds. The van der Waals surface area contributed by atoms with Gasteiger partial charge in [-0.2, -0.15) is 0 Å². The van der Waals surface area contributed by atoms with Crippen LogP contribution in [-0.4, -0.2) is 12.6 Å². The minimum atomic E-state index is 0.256. The minimum Gasteiger partial charge on any atom is -0.486 e. The number of nitrogens with zero attached hydrogens (tertiary/aromatic N) is 1. The molecule has 2 N–H and O–H groups in total. The zero-order valence-electron chi connectivity index (χ0n) is 11.8. The molecule has 1 atom stereocenters. The molecule has 1 aliphatic rings. The standard InChI is InChI=1S/C17H20N2O/c1-2-15-12-19(11-13-6-5-7-14(18)10-13)16-8-3-4-9-17(16)20-15/h3-10,15H,2,11-12,18H2,1H3. The van der Waals surface area contributed by atoms with Crippen molar-refractivity contribution in [2.24, 2.45) is 0 Å². The molecule has 20 heavy (non-hydrogen) atoms. The van der Waals surface area contributed by atoms with Gasteiger partial charge in [-0.15, -0.1) is 0 Å². The zero-order chi connectivity index (χ0) is 13.9. The number of nitrogen functional groups attached to an aromatic ring is 1. The zero-order valence-corrected chi connectivity index (χ0v) is 11.8. The van der Waals surface area contributed by atoms with E-state index in [0.29, 0.717) is 0 Å². The maximum atomic E-state index is 6.01. The number of ether oxygens (including phenoxy) is 1. The van der Waals surface area contributed by atoms with Crippen LogP contribution in [0.5, 0.6) is 5.75 Å². The Morgan fingerprint density at radius 3 is 2.85 bits per heavy atom. The van der Waals surface area contributed by atoms with Crippen molar-refractivity contribution >= 4 is 11.4 Å². The van der Waals surface area contributed by atoms with Gasteiger partial charge in [0.25, 0.3) is 0 Å². The van der Waals surface area contributed by atoms with Gasteiger partial charge >= 0.3 is 0 Å². The van der Waals surface area contributed by atoms with Crippen LogP contribution in [0.3, 0.4) is 0 Å². The molecule has 1 unspecified atom stereocenters. The Labute approximate surface area is 120 Å². The van der Waals surface area contributed by atoms with Crippen molar-refractivity contribution in [1.29, 1.82) is 0 Å². The van der Waals surface area contributed by atoms with E-state index in [1.165, 1.54) is 11.3 Å². The smallest absolute Gasteiger partial charge is 0.143 e. The second-order valence-electron chi connectivity index (χ2n) is 5.24. The van der Waals surface area contributed by atoms with E-state index >= 15 is 0 Å². The van der Waals surface area contributed by atoms with Crippen LogP contribution in [0.25, 0.3) is 0 Å². The lowest BCUT2D eigenvalue weighted by Crippen LogP contribution is -2.39. The summed E-state index contributed by atoms with van der Waals surface area (Å²) in [7, 11) is 0. The van der Waals surface area contributed by atoms with E-state index in [2.05, 4.69) is 30.0 Å². The maximum Gasteiger partial charge on any atom is 0.143 e. The fourth-order valence-electron chi connectivity index (χ4n) is 2.65. The van der Waals surface area contributed by atoms with E-state index in [1.807, 2.05) is 30.3 Å². The van der Waals surface area contributed by atoms with Gasteiger partial charge in [-0.05, 0) is 36.2 Å². The average Bonchev–Trinajstić information content (AvgIpc) is 2.47. The highest BCUT2D eigenvalue weighted by Gasteiger charge is 2.24. The number of rotatable bonds is 3. The molecule has 0 radical (unpaired) electrons. The second kappa shape index (κ2) is 5.45. The monoisotopic (exact) mass is 268 g/mol. The van der Waals surface area contributed by atoms with Crippen molar-refractivity contribution < 1.29 is 4.74 Å². The fourth-order valence-corrected chi connectivity index (χ4v) is 2.65. The van der Waals surface area contributed by atoms with Crippen LogP contribution in [-0.2, 0) is 6.54 Å². The molecule has 1 heterocycles. The van der Waals surface area contributed by atoms with Crippen molar-refractivity contribution in [2.75, 3.05) is 17.2 Å². The van der Waals surface area contributed by atoms with Crippen LogP contribution in [0.2, 0.25) is 0 Å². The molecule has 2 aromatic rings. The third kappa shape index (κ3) is 2.57. The van der Waals surface area contributed by atoms with Crippen LogP contribution in [0.15, 0.2) is 48.5 Å². The van der Waals surface area contributed by atoms with Crippen molar-refractivity contribution in [3.05, 3.63) is 54.1 Å². The number of fused-ring (bicyclic) bond motifs is 1. The predicted molar refractivity (Wildman–Crippen MR) is 83.1 cm³/mol. The highest BCUT2D eigenvalue weighted by molar-refractivity contribution is 5.60. The first-order valence-corrected chi connectivity index (χ1v) is 7.11. The number of benzene rings is 2. The van der Waals surface area contributed by atoms with Gasteiger partial charge in [0, 0.05) is 12.2 Å². The lowest BCUT2D eigenvalue weighted by atomic mass is 10.1. The molecule has 3 nitrogen and oxygen atoms in total. The normalized spacial score (nSPS) is 17.4. The van der Waals surface area contributed by atoms with E-state index in [9.17, 15) is 0 Å². The third-order valence-corrected chi connectivity index (χ3v) is 3.70. The second-order valence-corrected chi connectivity index (χ2v) is 5.24. The van der Waals surface area contributed by atoms with Crippen LogP contribution in [0.4, 0.5) is 11.4 Å². The van der Waals surface area contributed by atoms with Gasteiger partial charge < -0.3 is 15.4 Å². The summed E-state index contributed by atoms with van der Waals surface area (Å²) in [5.74, 6) is 0.981. The summed E-state index contributed by atoms with van der Waals surface area (Å²) in [6.07, 6.45) is 1.27. The topological polar surface area (TPSA) is 38.5 Å². The maximum absolute atomic E-state index is 6.01. The Hall–Kier alpha value is -2.16. The summed E-state index contributed by atoms with van der Waals surface area (Å²) < 4.78 is 6.01. The van der Waals surface area contributed by atoms with E-state index < -0.39 is 0 Å². The summed E-state index contributed by atoms with van der Waals surface area (Å²) in [6.45, 7) is 3.95. The van der Waals surface area contributed by atoms with Crippen LogP contribution >= 0.6 is 0 Å². The van der Waals surface area contributed by atoms with Crippen LogP contribution < -0.4 is 15.4 Å². The lowest BCUT2D eigenvalue weighted by Gasteiger charge is -2.36. The van der Waals surface area contributed by atoms with Gasteiger partial charge in [-0.25, -0.2) is 0 Å². The molecule has 0 aromatic heterocycles. The van der Waals surface area contributed by atoms with E-state index in [1.54, 1.807) is 0 Å². The number of hydrogen-bond acceptors (Lipinski definition) is 3. The summed E-state index contributed by atoms with van der Waals surface area (Å²) >= 11 is 0. The molecule has 3 rings (SSSR count). The molecule has 104 valence electrons. The van der Waals surface area contributed by atoms with Gasteiger partial charge in [0.05, 0.1) is 12.2 Å². The number of para-hydroxylation sites is 2. The minimum absolute atomic E-state index is 0.256. The Kier molecular flexibility index (Phi) is 3.50. The first kappa shape index (κ1) is 12.9. The van der Waals surface area contributed by atoms with Crippen LogP contribution in [0, 0.1) is 0 Å². The lowest BCUT2D eigenvalue weighted by molar-refractivity contribution is 0.188. The third-order valence-electron chi connectivity index (χ3n) is 3.70. The highest BCUT2D eigenvalue weighted by Crippen LogP contribution is 2.34. The summed E-state index contributed by atoms with van der Waals surface area (Å²) in [4.78, 5) is 2.38. The van der Waals surface area contributed by atoms with Crippen molar-refractivity contribution in [3.8, 4) is 5.75 Å². The largest absolute Gasteiger partial charge is 0.486 e. The molecular weight excluding hydrogens is 248 g/mol. The molecular formula is C17H20N2O. The van der Waals surface area contributed by atoms with Gasteiger partial charge in [0.1, 0.15) is 11.9 Å². The molecule has 0 fully saturated rings. The molecule has 0 bridgehead atoms. The van der Waals surface area contributed by atoms with Crippen molar-refractivity contribution in [1.82, 2.24) is 0 Å². The first-order valence-electron chi connectivity index (χ1n) is 7.11. The summed E-state index contributed by atoms with van der Waals surface area (Å²) in [5.41, 5.74) is 9.08. The molecule has 0 aliphatic carbocycles. The Morgan fingerprint density at radius 2 is 2.05 bits per heavy atom. The molecule has 0 spiro atoms. The Morgan fingerprint density at radius 1 is 1.20 bits per heavy atom. The Bertz CT molecular complexity index is 597. The van der Waals surface area contributed by atoms with E-state index in [-0.39, 0.29) is 6.10 Å². The fraction of sp³-hybridized carbons (Fsp3) is 0.294. The SMILES string of the molecule is CCC1CN(Cc2cccc(N)c2)c2ccccc2O1. The van der Waals surface area contributed by atoms with Crippen LogP contribution in [0.1, 0.15) is 18.9 Å². The number of anilines is 2. The summed E-state index contributed by atoms with van der Waals surface area (Å²) in [6, 6.07) is 16.3. The molecule has 3 heteroatoms. The molecule has 1 aliphatic heterocycles.